The summed E-state index contributed by atoms with van der Waals surface area (Å²) in [6.07, 6.45) is 3.34. The van der Waals surface area contributed by atoms with E-state index in [2.05, 4.69) is 64.6 Å². The summed E-state index contributed by atoms with van der Waals surface area (Å²) in [6, 6.07) is 16.1. The lowest BCUT2D eigenvalue weighted by atomic mass is 9.86. The summed E-state index contributed by atoms with van der Waals surface area (Å²) in [5, 5.41) is 6.69. The highest BCUT2D eigenvalue weighted by Crippen LogP contribution is 2.31. The number of rotatable bonds is 5. The summed E-state index contributed by atoms with van der Waals surface area (Å²) >= 11 is 0. The quantitative estimate of drug-likeness (QED) is 0.718. The van der Waals surface area contributed by atoms with Gasteiger partial charge in [0, 0.05) is 18.0 Å². The van der Waals surface area contributed by atoms with Crippen LogP contribution in [0, 0.1) is 0 Å². The first-order valence-electron chi connectivity index (χ1n) is 8.35. The standard InChI is InChI=1S/C20H23N5/c1-20(2,3)16-9-4-5-10-17(16)25-19-12-18(23-14-24-19)22-13-15-8-6-7-11-21-15/h4-12,14H,13H2,1-3H3,(H2,22,23,24,25). The van der Waals surface area contributed by atoms with E-state index in [1.807, 2.05) is 30.3 Å². The molecule has 0 saturated heterocycles. The Morgan fingerprint density at radius 1 is 0.880 bits per heavy atom. The Kier molecular flexibility index (Phi) is 4.93. The first-order valence-corrected chi connectivity index (χ1v) is 8.35. The SMILES string of the molecule is CC(C)(C)c1ccccc1Nc1cc(NCc2ccccn2)ncn1. The van der Waals surface area contributed by atoms with Gasteiger partial charge in [0.1, 0.15) is 18.0 Å². The molecule has 1 aromatic carbocycles. The maximum Gasteiger partial charge on any atom is 0.135 e. The second kappa shape index (κ2) is 7.30. The number of aromatic nitrogens is 3. The van der Waals surface area contributed by atoms with Crippen molar-refractivity contribution >= 4 is 17.3 Å². The number of nitrogens with one attached hydrogen (secondary N) is 2. The van der Waals surface area contributed by atoms with Gasteiger partial charge >= 0.3 is 0 Å². The number of benzene rings is 1. The van der Waals surface area contributed by atoms with E-state index in [-0.39, 0.29) is 5.41 Å². The van der Waals surface area contributed by atoms with Gasteiger partial charge in [-0.25, -0.2) is 9.97 Å². The van der Waals surface area contributed by atoms with Gasteiger partial charge in [0.25, 0.3) is 0 Å². The molecular formula is C20H23N5. The molecule has 2 N–H and O–H groups in total. The normalized spacial score (nSPS) is 11.2. The lowest BCUT2D eigenvalue weighted by Gasteiger charge is -2.23. The molecule has 128 valence electrons. The van der Waals surface area contributed by atoms with E-state index in [1.54, 1.807) is 12.5 Å². The van der Waals surface area contributed by atoms with Gasteiger partial charge in [0.2, 0.25) is 0 Å². The largest absolute Gasteiger partial charge is 0.364 e. The Bertz CT molecular complexity index is 825. The van der Waals surface area contributed by atoms with Crippen LogP contribution < -0.4 is 10.6 Å². The maximum absolute atomic E-state index is 4.33. The molecule has 5 nitrogen and oxygen atoms in total. The molecule has 0 radical (unpaired) electrons. The molecule has 0 fully saturated rings. The summed E-state index contributed by atoms with van der Waals surface area (Å²) < 4.78 is 0. The zero-order valence-corrected chi connectivity index (χ0v) is 14.8. The van der Waals surface area contributed by atoms with Crippen LogP contribution >= 0.6 is 0 Å². The number of anilines is 3. The van der Waals surface area contributed by atoms with Crippen LogP contribution in [0.25, 0.3) is 0 Å². The van der Waals surface area contributed by atoms with Gasteiger partial charge in [-0.05, 0) is 29.2 Å². The van der Waals surface area contributed by atoms with Crippen molar-refractivity contribution in [1.29, 1.82) is 0 Å². The summed E-state index contributed by atoms with van der Waals surface area (Å²) in [6.45, 7) is 7.23. The van der Waals surface area contributed by atoms with Crippen molar-refractivity contribution in [2.75, 3.05) is 10.6 Å². The molecule has 0 unspecified atom stereocenters. The van der Waals surface area contributed by atoms with Crippen molar-refractivity contribution in [1.82, 2.24) is 15.0 Å². The van der Waals surface area contributed by atoms with Crippen molar-refractivity contribution < 1.29 is 0 Å². The predicted molar refractivity (Wildman–Crippen MR) is 102 cm³/mol. The van der Waals surface area contributed by atoms with Gasteiger partial charge in [0.15, 0.2) is 0 Å². The number of para-hydroxylation sites is 1. The molecule has 5 heteroatoms. The van der Waals surface area contributed by atoms with Crippen LogP contribution in [0.15, 0.2) is 61.1 Å². The summed E-state index contributed by atoms with van der Waals surface area (Å²) in [4.78, 5) is 12.9. The molecule has 0 atom stereocenters. The zero-order valence-electron chi connectivity index (χ0n) is 14.8. The molecule has 0 aliphatic rings. The molecule has 2 heterocycles. The topological polar surface area (TPSA) is 62.7 Å². The lowest BCUT2D eigenvalue weighted by molar-refractivity contribution is 0.592. The molecule has 0 saturated carbocycles. The highest BCUT2D eigenvalue weighted by Gasteiger charge is 2.17. The fraction of sp³-hybridized carbons (Fsp3) is 0.250. The smallest absolute Gasteiger partial charge is 0.135 e. The van der Waals surface area contributed by atoms with Crippen LogP contribution in [0.4, 0.5) is 17.3 Å². The van der Waals surface area contributed by atoms with Crippen molar-refractivity contribution in [2.45, 2.75) is 32.7 Å². The van der Waals surface area contributed by atoms with Crippen LogP contribution in [0.1, 0.15) is 32.0 Å². The molecule has 25 heavy (non-hydrogen) atoms. The third kappa shape index (κ3) is 4.53. The number of pyridine rings is 1. The van der Waals surface area contributed by atoms with Crippen molar-refractivity contribution in [3.63, 3.8) is 0 Å². The summed E-state index contributed by atoms with van der Waals surface area (Å²) in [7, 11) is 0. The van der Waals surface area contributed by atoms with Crippen LogP contribution in [0.5, 0.6) is 0 Å². The number of hydrogen-bond acceptors (Lipinski definition) is 5. The van der Waals surface area contributed by atoms with Gasteiger partial charge < -0.3 is 10.6 Å². The van der Waals surface area contributed by atoms with E-state index < -0.39 is 0 Å². The Morgan fingerprint density at radius 2 is 1.64 bits per heavy atom. The number of nitrogens with zero attached hydrogens (tertiary/aromatic N) is 3. The summed E-state index contributed by atoms with van der Waals surface area (Å²) in [5.41, 5.74) is 3.33. The van der Waals surface area contributed by atoms with E-state index in [1.165, 1.54) is 5.56 Å². The van der Waals surface area contributed by atoms with Gasteiger partial charge in [-0.1, -0.05) is 45.0 Å². The Balaban J connectivity index is 1.74. The highest BCUT2D eigenvalue weighted by molar-refractivity contribution is 5.63. The first-order chi connectivity index (χ1) is 12.0. The van der Waals surface area contributed by atoms with Crippen molar-refractivity contribution in [2.24, 2.45) is 0 Å². The fourth-order valence-corrected chi connectivity index (χ4v) is 2.59. The van der Waals surface area contributed by atoms with Crippen LogP contribution in [0.2, 0.25) is 0 Å². The van der Waals surface area contributed by atoms with E-state index in [0.29, 0.717) is 6.54 Å². The maximum atomic E-state index is 4.33. The van der Waals surface area contributed by atoms with Crippen LogP contribution in [-0.4, -0.2) is 15.0 Å². The van der Waals surface area contributed by atoms with E-state index >= 15 is 0 Å². The average Bonchev–Trinajstić information content (AvgIpc) is 2.61. The molecular weight excluding hydrogens is 310 g/mol. The molecule has 0 spiro atoms. The second-order valence-corrected chi connectivity index (χ2v) is 6.88. The Morgan fingerprint density at radius 3 is 2.40 bits per heavy atom. The molecule has 3 aromatic rings. The minimum Gasteiger partial charge on any atom is -0.364 e. The number of hydrogen-bond donors (Lipinski definition) is 2. The molecule has 0 aliphatic carbocycles. The van der Waals surface area contributed by atoms with Crippen LogP contribution in [0.3, 0.4) is 0 Å². The third-order valence-electron chi connectivity index (χ3n) is 3.84. The molecule has 0 amide bonds. The highest BCUT2D eigenvalue weighted by atomic mass is 15.1. The van der Waals surface area contributed by atoms with Crippen molar-refractivity contribution in [3.8, 4) is 0 Å². The monoisotopic (exact) mass is 333 g/mol. The van der Waals surface area contributed by atoms with Crippen molar-refractivity contribution in [3.05, 3.63) is 72.3 Å². The first kappa shape index (κ1) is 16.9. The second-order valence-electron chi connectivity index (χ2n) is 6.88. The third-order valence-corrected chi connectivity index (χ3v) is 3.84. The van der Waals surface area contributed by atoms with Gasteiger partial charge in [-0.2, -0.15) is 0 Å². The Labute approximate surface area is 148 Å². The Hall–Kier alpha value is -2.95. The average molecular weight is 333 g/mol. The van der Waals surface area contributed by atoms with E-state index in [4.69, 9.17) is 0 Å². The van der Waals surface area contributed by atoms with E-state index in [0.717, 1.165) is 23.0 Å². The molecule has 3 rings (SSSR count). The molecule has 0 bridgehead atoms. The van der Waals surface area contributed by atoms with Gasteiger partial charge in [-0.3, -0.25) is 4.98 Å². The minimum absolute atomic E-state index is 0.0523. The van der Waals surface area contributed by atoms with Gasteiger partial charge in [-0.15, -0.1) is 0 Å². The van der Waals surface area contributed by atoms with E-state index in [9.17, 15) is 0 Å². The van der Waals surface area contributed by atoms with Crippen LogP contribution in [-0.2, 0) is 12.0 Å². The summed E-state index contributed by atoms with van der Waals surface area (Å²) in [5.74, 6) is 1.52. The lowest BCUT2D eigenvalue weighted by Crippen LogP contribution is -2.13. The van der Waals surface area contributed by atoms with Gasteiger partial charge in [0.05, 0.1) is 12.2 Å². The zero-order chi connectivity index (χ0) is 17.7. The molecule has 2 aromatic heterocycles. The minimum atomic E-state index is 0.0523. The molecule has 0 aliphatic heterocycles. The predicted octanol–water partition coefficient (Wildman–Crippen LogP) is 4.52. The fourth-order valence-electron chi connectivity index (χ4n) is 2.59.